The molecule has 0 atom stereocenters. The zero-order valence-corrected chi connectivity index (χ0v) is 7.83. The standard InChI is InChI=1S/C6H5AsN2O3/c8-9-6-3-1-5(2-4-6)7(10,11)12/h1-4H,(H-,10,11,12)/p+1. The fourth-order valence-corrected chi connectivity index (χ4v) is 1.84. The first kappa shape index (κ1) is 9.01. The molecule has 1 rings (SSSR count). The Bertz CT molecular complexity index is 361. The van der Waals surface area contributed by atoms with Gasteiger partial charge in [0.15, 0.2) is 0 Å². The number of rotatable bonds is 1. The molecule has 1 aromatic carbocycles. The molecule has 0 aliphatic heterocycles. The van der Waals surface area contributed by atoms with Crippen molar-refractivity contribution in [3.63, 3.8) is 0 Å². The van der Waals surface area contributed by atoms with Gasteiger partial charge in [-0.25, -0.2) is 0 Å². The van der Waals surface area contributed by atoms with Crippen molar-refractivity contribution in [1.29, 1.82) is 5.39 Å². The van der Waals surface area contributed by atoms with Crippen LogP contribution >= 0.6 is 0 Å². The van der Waals surface area contributed by atoms with E-state index < -0.39 is 14.2 Å². The number of nitrogens with zero attached hydrogens (tertiary/aromatic N) is 2. The van der Waals surface area contributed by atoms with Crippen LogP contribution in [0, 0.1) is 5.39 Å². The molecule has 2 N–H and O–H groups in total. The molecule has 0 radical (unpaired) electrons. The third kappa shape index (κ3) is 1.95. The fourth-order valence-electron chi connectivity index (χ4n) is 0.713. The first-order valence-electron chi connectivity index (χ1n) is 3.05. The number of diazo groups is 1. The number of hydrogen-bond donors (Lipinski definition) is 2. The monoisotopic (exact) mass is 229 g/mol. The van der Waals surface area contributed by atoms with Crippen LogP contribution in [0.25, 0.3) is 4.98 Å². The molecule has 0 saturated carbocycles. The summed E-state index contributed by atoms with van der Waals surface area (Å²) in [6, 6.07) is 5.15. The second-order valence-corrected chi connectivity index (χ2v) is 5.53. The second kappa shape index (κ2) is 3.11. The molecule has 0 spiro atoms. The van der Waals surface area contributed by atoms with Gasteiger partial charge in [-0.3, -0.25) is 0 Å². The van der Waals surface area contributed by atoms with E-state index in [-0.39, 0.29) is 10.0 Å². The molecule has 0 bridgehead atoms. The van der Waals surface area contributed by atoms with Gasteiger partial charge in [0.25, 0.3) is 0 Å². The van der Waals surface area contributed by atoms with Crippen LogP contribution in [0.1, 0.15) is 0 Å². The first-order valence-corrected chi connectivity index (χ1v) is 6.43. The molecule has 5 nitrogen and oxygen atoms in total. The molecule has 0 heterocycles. The van der Waals surface area contributed by atoms with Crippen LogP contribution in [0.15, 0.2) is 24.3 Å². The number of hydrogen-bond acceptors (Lipinski definition) is 2. The van der Waals surface area contributed by atoms with Crippen LogP contribution in [-0.2, 0) is 3.74 Å². The SMILES string of the molecule is N#[N+]c1ccc([As](=O)(O)O)cc1. The van der Waals surface area contributed by atoms with Crippen molar-refractivity contribution >= 4 is 24.2 Å². The topological polar surface area (TPSA) is 85.7 Å². The summed E-state index contributed by atoms with van der Waals surface area (Å²) in [6.45, 7) is 0. The Morgan fingerprint density at radius 2 is 1.75 bits per heavy atom. The molecule has 0 saturated heterocycles. The van der Waals surface area contributed by atoms with Gasteiger partial charge in [-0.05, 0) is 0 Å². The third-order valence-corrected chi connectivity index (χ3v) is 3.34. The molecule has 12 heavy (non-hydrogen) atoms. The van der Waals surface area contributed by atoms with Gasteiger partial charge >= 0.3 is 70.8 Å². The van der Waals surface area contributed by atoms with Gasteiger partial charge < -0.3 is 0 Å². The summed E-state index contributed by atoms with van der Waals surface area (Å²) in [7, 11) is 0. The zero-order valence-electron chi connectivity index (χ0n) is 5.95. The minimum atomic E-state index is -4.76. The van der Waals surface area contributed by atoms with Crippen LogP contribution in [-0.4, -0.2) is 22.4 Å². The second-order valence-electron chi connectivity index (χ2n) is 2.16. The summed E-state index contributed by atoms with van der Waals surface area (Å²) in [6.07, 6.45) is 0. The Kier molecular flexibility index (Phi) is 2.34. The minimum absolute atomic E-state index is 0.0273. The summed E-state index contributed by atoms with van der Waals surface area (Å²) < 4.78 is 28.1. The van der Waals surface area contributed by atoms with Crippen molar-refractivity contribution in [2.75, 3.05) is 0 Å². The summed E-state index contributed by atoms with van der Waals surface area (Å²) in [5.41, 5.74) is 0.266. The van der Waals surface area contributed by atoms with Crippen LogP contribution in [0.5, 0.6) is 0 Å². The molecule has 0 fully saturated rings. The van der Waals surface area contributed by atoms with Crippen molar-refractivity contribution in [2.24, 2.45) is 0 Å². The first-order chi connectivity index (χ1) is 5.54. The van der Waals surface area contributed by atoms with Gasteiger partial charge in [0.1, 0.15) is 0 Å². The van der Waals surface area contributed by atoms with Gasteiger partial charge in [0.05, 0.1) is 0 Å². The molecule has 6 heteroatoms. The molecule has 1 aromatic rings. The molecule has 0 amide bonds. The third-order valence-electron chi connectivity index (χ3n) is 1.30. The molecule has 0 aliphatic carbocycles. The Balaban J connectivity index is 3.11. The molecule has 0 unspecified atom stereocenters. The summed E-state index contributed by atoms with van der Waals surface area (Å²) >= 11 is -4.76. The molecule has 0 aromatic heterocycles. The van der Waals surface area contributed by atoms with Crippen LogP contribution in [0.2, 0.25) is 0 Å². The molecular formula is C6H6AsN2O3+. The molecule has 62 valence electrons. The Morgan fingerprint density at radius 3 is 2.08 bits per heavy atom. The van der Waals surface area contributed by atoms with E-state index in [0.717, 1.165) is 0 Å². The fraction of sp³-hybridized carbons (Fsp3) is 0. The van der Waals surface area contributed by atoms with Crippen LogP contribution in [0.4, 0.5) is 5.69 Å². The zero-order chi connectivity index (χ0) is 9.19. The Morgan fingerprint density at radius 1 is 1.25 bits per heavy atom. The van der Waals surface area contributed by atoms with Gasteiger partial charge in [0.2, 0.25) is 0 Å². The molecule has 0 aliphatic rings. The van der Waals surface area contributed by atoms with Gasteiger partial charge in [-0.1, -0.05) is 0 Å². The van der Waals surface area contributed by atoms with Crippen molar-refractivity contribution in [2.45, 2.75) is 0 Å². The van der Waals surface area contributed by atoms with E-state index in [0.29, 0.717) is 0 Å². The average molecular weight is 229 g/mol. The van der Waals surface area contributed by atoms with Crippen molar-refractivity contribution < 1.29 is 11.9 Å². The van der Waals surface area contributed by atoms with E-state index in [1.54, 1.807) is 0 Å². The predicted octanol–water partition coefficient (Wildman–Crippen LogP) is -0.268. The molecular weight excluding hydrogens is 223 g/mol. The van der Waals surface area contributed by atoms with E-state index in [9.17, 15) is 3.74 Å². The van der Waals surface area contributed by atoms with E-state index in [2.05, 4.69) is 4.98 Å². The van der Waals surface area contributed by atoms with E-state index in [4.69, 9.17) is 13.6 Å². The summed E-state index contributed by atoms with van der Waals surface area (Å²) in [4.78, 5) is 2.85. The Hall–Kier alpha value is -1.08. The summed E-state index contributed by atoms with van der Waals surface area (Å²) in [5.74, 6) is 0. The van der Waals surface area contributed by atoms with Crippen LogP contribution in [0.3, 0.4) is 0 Å². The van der Waals surface area contributed by atoms with Crippen LogP contribution < -0.4 is 4.35 Å². The van der Waals surface area contributed by atoms with Gasteiger partial charge in [-0.15, -0.1) is 0 Å². The maximum absolute atomic E-state index is 10.7. The predicted molar refractivity (Wildman–Crippen MR) is 41.7 cm³/mol. The normalized spacial score (nSPS) is 10.8. The Labute approximate surface area is 71.3 Å². The van der Waals surface area contributed by atoms with E-state index in [1.807, 2.05) is 0 Å². The van der Waals surface area contributed by atoms with Crippen molar-refractivity contribution in [3.05, 3.63) is 29.2 Å². The maximum atomic E-state index is 10.7. The van der Waals surface area contributed by atoms with E-state index >= 15 is 0 Å². The van der Waals surface area contributed by atoms with Gasteiger partial charge in [0, 0.05) is 0 Å². The van der Waals surface area contributed by atoms with Gasteiger partial charge in [-0.2, -0.15) is 0 Å². The van der Waals surface area contributed by atoms with Crippen molar-refractivity contribution in [3.8, 4) is 0 Å². The quantitative estimate of drug-likeness (QED) is 0.512. The average Bonchev–Trinajstić information content (AvgIpc) is 2.03. The number of benzene rings is 1. The van der Waals surface area contributed by atoms with Crippen molar-refractivity contribution in [1.82, 2.24) is 0 Å². The van der Waals surface area contributed by atoms with E-state index in [1.165, 1.54) is 24.3 Å². The summed E-state index contributed by atoms with van der Waals surface area (Å²) in [5, 5.41) is 8.27.